The normalized spacial score (nSPS) is 18.5. The molecular formula is C18H26N2O4. The van der Waals surface area contributed by atoms with Gasteiger partial charge in [-0.15, -0.1) is 0 Å². The summed E-state index contributed by atoms with van der Waals surface area (Å²) < 4.78 is 5.39. The maximum absolute atomic E-state index is 12.8. The Morgan fingerprint density at radius 1 is 1.25 bits per heavy atom. The monoisotopic (exact) mass is 334 g/mol. The van der Waals surface area contributed by atoms with Crippen molar-refractivity contribution in [3.63, 3.8) is 0 Å². The van der Waals surface area contributed by atoms with Crippen molar-refractivity contribution in [2.75, 3.05) is 19.6 Å². The van der Waals surface area contributed by atoms with E-state index in [0.29, 0.717) is 30.8 Å². The minimum absolute atomic E-state index is 0.112. The summed E-state index contributed by atoms with van der Waals surface area (Å²) >= 11 is 0. The summed E-state index contributed by atoms with van der Waals surface area (Å²) in [6, 6.07) is 4.82. The van der Waals surface area contributed by atoms with E-state index in [2.05, 4.69) is 0 Å². The summed E-state index contributed by atoms with van der Waals surface area (Å²) in [5.41, 5.74) is 0.531. The summed E-state index contributed by atoms with van der Waals surface area (Å²) in [5, 5.41) is 9.80. The number of carbonyl (C=O) groups is 2. The zero-order valence-corrected chi connectivity index (χ0v) is 15.0. The van der Waals surface area contributed by atoms with Crippen LogP contribution in [0.25, 0.3) is 0 Å². The quantitative estimate of drug-likeness (QED) is 0.857. The highest BCUT2D eigenvalue weighted by Gasteiger charge is 2.32. The smallest absolute Gasteiger partial charge is 0.410 e. The summed E-state index contributed by atoms with van der Waals surface area (Å²) in [7, 11) is 0. The molecule has 1 atom stereocenters. The molecule has 1 aliphatic heterocycles. The summed E-state index contributed by atoms with van der Waals surface area (Å²) in [4.78, 5) is 28.3. The molecule has 1 N–H and O–H groups in total. The highest BCUT2D eigenvalue weighted by molar-refractivity contribution is 5.96. The lowest BCUT2D eigenvalue weighted by Crippen LogP contribution is -2.56. The first kappa shape index (κ1) is 18.1. The lowest BCUT2D eigenvalue weighted by atomic mass is 10.0. The number of benzene rings is 1. The van der Waals surface area contributed by atoms with Gasteiger partial charge < -0.3 is 19.6 Å². The van der Waals surface area contributed by atoms with Crippen LogP contribution in [0.15, 0.2) is 18.2 Å². The van der Waals surface area contributed by atoms with Crippen molar-refractivity contribution in [2.24, 2.45) is 0 Å². The van der Waals surface area contributed by atoms with Crippen molar-refractivity contribution >= 4 is 12.0 Å². The van der Waals surface area contributed by atoms with E-state index in [9.17, 15) is 14.7 Å². The van der Waals surface area contributed by atoms with E-state index < -0.39 is 5.60 Å². The molecule has 24 heavy (non-hydrogen) atoms. The van der Waals surface area contributed by atoms with Crippen LogP contribution < -0.4 is 0 Å². The Bertz CT molecular complexity index is 636. The molecule has 2 amide bonds. The van der Waals surface area contributed by atoms with Crippen LogP contribution in [0.4, 0.5) is 4.79 Å². The van der Waals surface area contributed by atoms with Gasteiger partial charge in [-0.25, -0.2) is 4.79 Å². The van der Waals surface area contributed by atoms with Gasteiger partial charge in [0.15, 0.2) is 0 Å². The third kappa shape index (κ3) is 3.99. The van der Waals surface area contributed by atoms with Crippen molar-refractivity contribution in [2.45, 2.75) is 46.3 Å². The zero-order valence-electron chi connectivity index (χ0n) is 15.0. The van der Waals surface area contributed by atoms with Gasteiger partial charge in [0.05, 0.1) is 0 Å². The lowest BCUT2D eigenvalue weighted by molar-refractivity contribution is 0.00615. The van der Waals surface area contributed by atoms with E-state index >= 15 is 0 Å². The Labute approximate surface area is 143 Å². The number of carbonyl (C=O) groups excluding carboxylic acids is 2. The molecule has 1 aromatic carbocycles. The summed E-state index contributed by atoms with van der Waals surface area (Å²) in [6.07, 6.45) is -0.352. The molecule has 0 spiro atoms. The Morgan fingerprint density at radius 2 is 1.92 bits per heavy atom. The molecule has 0 bridgehead atoms. The van der Waals surface area contributed by atoms with Gasteiger partial charge in [-0.05, 0) is 46.8 Å². The lowest BCUT2D eigenvalue weighted by Gasteiger charge is -2.40. The minimum Gasteiger partial charge on any atom is -0.508 e. The van der Waals surface area contributed by atoms with Gasteiger partial charge >= 0.3 is 6.09 Å². The third-order valence-corrected chi connectivity index (χ3v) is 4.08. The van der Waals surface area contributed by atoms with Gasteiger partial charge in [-0.1, -0.05) is 6.07 Å². The van der Waals surface area contributed by atoms with Crippen molar-refractivity contribution in [1.29, 1.82) is 0 Å². The van der Waals surface area contributed by atoms with Gasteiger partial charge in [0.1, 0.15) is 11.4 Å². The first-order valence-electron chi connectivity index (χ1n) is 8.17. The predicted octanol–water partition coefficient (Wildman–Crippen LogP) is 2.78. The third-order valence-electron chi connectivity index (χ3n) is 4.08. The summed E-state index contributed by atoms with van der Waals surface area (Å²) in [6.45, 7) is 10.4. The second kappa shape index (κ2) is 6.71. The SMILES string of the molecule is Cc1c(O)cccc1C(=O)N1CCN(C(=O)OC(C)(C)C)C[C@H]1C. The van der Waals surface area contributed by atoms with Crippen molar-refractivity contribution in [3.8, 4) is 5.75 Å². The van der Waals surface area contributed by atoms with E-state index in [1.54, 1.807) is 34.9 Å². The molecule has 1 heterocycles. The van der Waals surface area contributed by atoms with E-state index in [4.69, 9.17) is 4.74 Å². The number of aromatic hydroxyl groups is 1. The van der Waals surface area contributed by atoms with Crippen molar-refractivity contribution in [1.82, 2.24) is 9.80 Å². The molecule has 0 unspecified atom stereocenters. The number of ether oxygens (including phenoxy) is 1. The number of rotatable bonds is 1. The van der Waals surface area contributed by atoms with Gasteiger partial charge in [0.2, 0.25) is 0 Å². The number of piperazine rings is 1. The predicted molar refractivity (Wildman–Crippen MR) is 91.1 cm³/mol. The van der Waals surface area contributed by atoms with Crippen molar-refractivity contribution < 1.29 is 19.4 Å². The number of hydrogen-bond donors (Lipinski definition) is 1. The highest BCUT2D eigenvalue weighted by atomic mass is 16.6. The molecule has 0 aromatic heterocycles. The molecule has 0 saturated carbocycles. The van der Waals surface area contributed by atoms with E-state index in [1.807, 2.05) is 27.7 Å². The summed E-state index contributed by atoms with van der Waals surface area (Å²) in [5.74, 6) is -0.0133. The minimum atomic E-state index is -0.536. The molecule has 1 saturated heterocycles. The fraction of sp³-hybridized carbons (Fsp3) is 0.556. The fourth-order valence-electron chi connectivity index (χ4n) is 2.76. The first-order valence-corrected chi connectivity index (χ1v) is 8.17. The van der Waals surface area contributed by atoms with Crippen LogP contribution in [-0.4, -0.2) is 58.2 Å². The average molecular weight is 334 g/mol. The number of amides is 2. The highest BCUT2D eigenvalue weighted by Crippen LogP contribution is 2.23. The molecule has 1 aromatic rings. The van der Waals surface area contributed by atoms with Crippen LogP contribution in [0, 0.1) is 6.92 Å². The molecule has 0 radical (unpaired) electrons. The standard InChI is InChI=1S/C18H26N2O4/c1-12-11-19(17(23)24-18(3,4)5)9-10-20(12)16(22)14-7-6-8-15(21)13(14)2/h6-8,12,21H,9-11H2,1-5H3/t12-/m1/s1. The molecule has 1 aliphatic rings. The largest absolute Gasteiger partial charge is 0.508 e. The molecule has 2 rings (SSSR count). The number of nitrogens with zero attached hydrogens (tertiary/aromatic N) is 2. The second-order valence-corrected chi connectivity index (χ2v) is 7.22. The molecule has 6 heteroatoms. The topological polar surface area (TPSA) is 70.1 Å². The van der Waals surface area contributed by atoms with Crippen LogP contribution in [0.2, 0.25) is 0 Å². The van der Waals surface area contributed by atoms with Crippen molar-refractivity contribution in [3.05, 3.63) is 29.3 Å². The molecule has 132 valence electrons. The van der Waals surface area contributed by atoms with Crippen LogP contribution in [-0.2, 0) is 4.74 Å². The van der Waals surface area contributed by atoms with E-state index in [0.717, 1.165) is 0 Å². The average Bonchev–Trinajstić information content (AvgIpc) is 2.47. The van der Waals surface area contributed by atoms with E-state index in [1.165, 1.54) is 0 Å². The molecule has 6 nitrogen and oxygen atoms in total. The second-order valence-electron chi connectivity index (χ2n) is 7.22. The van der Waals surface area contributed by atoms with Crippen LogP contribution in [0.5, 0.6) is 5.75 Å². The Hall–Kier alpha value is -2.24. The van der Waals surface area contributed by atoms with E-state index in [-0.39, 0.29) is 23.8 Å². The number of hydrogen-bond acceptors (Lipinski definition) is 4. The molecule has 0 aliphatic carbocycles. The first-order chi connectivity index (χ1) is 11.1. The van der Waals surface area contributed by atoms with Crippen LogP contribution in [0.3, 0.4) is 0 Å². The number of phenolic OH excluding ortho intramolecular Hbond substituents is 1. The van der Waals surface area contributed by atoms with Crippen LogP contribution in [0.1, 0.15) is 43.6 Å². The maximum atomic E-state index is 12.8. The van der Waals surface area contributed by atoms with Crippen LogP contribution >= 0.6 is 0 Å². The van der Waals surface area contributed by atoms with Gasteiger partial charge in [-0.3, -0.25) is 4.79 Å². The fourth-order valence-corrected chi connectivity index (χ4v) is 2.76. The molecular weight excluding hydrogens is 308 g/mol. The Kier molecular flexibility index (Phi) is 5.06. The van der Waals surface area contributed by atoms with Gasteiger partial charge in [0.25, 0.3) is 5.91 Å². The van der Waals surface area contributed by atoms with Gasteiger partial charge in [0, 0.05) is 36.8 Å². The zero-order chi connectivity index (χ0) is 18.1. The number of phenols is 1. The van der Waals surface area contributed by atoms with Gasteiger partial charge in [-0.2, -0.15) is 0 Å². The maximum Gasteiger partial charge on any atom is 0.410 e. The Morgan fingerprint density at radius 3 is 2.50 bits per heavy atom. The molecule has 1 fully saturated rings. The Balaban J connectivity index is 2.07.